The third kappa shape index (κ3) is 4.77. The molecule has 2 aromatic rings. The van der Waals surface area contributed by atoms with E-state index in [2.05, 4.69) is 10.6 Å². The molecule has 0 saturated carbocycles. The number of halogens is 1. The third-order valence-electron chi connectivity index (χ3n) is 3.23. The van der Waals surface area contributed by atoms with Crippen LogP contribution in [0.2, 0.25) is 5.02 Å². The summed E-state index contributed by atoms with van der Waals surface area (Å²) in [7, 11) is 3.91. The average molecular weight is 341 g/mol. The summed E-state index contributed by atoms with van der Waals surface area (Å²) in [6.45, 7) is 0. The van der Waals surface area contributed by atoms with E-state index in [0.29, 0.717) is 10.7 Å². The van der Waals surface area contributed by atoms with Crippen LogP contribution in [0.1, 0.15) is 0 Å². The summed E-state index contributed by atoms with van der Waals surface area (Å²) in [5, 5.41) is 15.3. The first-order valence-corrected chi connectivity index (χ1v) is 7.58. The smallest absolute Gasteiger partial charge is 0.267 e. The largest absolute Gasteiger partial charge is 0.378 e. The Kier molecular flexibility index (Phi) is 5.83. The quantitative estimate of drug-likeness (QED) is 0.640. The van der Waals surface area contributed by atoms with Gasteiger partial charge in [0.1, 0.15) is 11.6 Å². The fourth-order valence-electron chi connectivity index (χ4n) is 1.89. The summed E-state index contributed by atoms with van der Waals surface area (Å²) in [5.74, 6) is -0.489. The molecule has 0 heterocycles. The zero-order valence-corrected chi connectivity index (χ0v) is 14.1. The van der Waals surface area contributed by atoms with Gasteiger partial charge in [-0.05, 0) is 48.5 Å². The van der Waals surface area contributed by atoms with Gasteiger partial charge in [0.2, 0.25) is 0 Å². The first-order valence-electron chi connectivity index (χ1n) is 7.20. The second-order valence-corrected chi connectivity index (χ2v) is 5.65. The Balaban J connectivity index is 2.04. The number of nitriles is 1. The summed E-state index contributed by atoms with van der Waals surface area (Å²) >= 11 is 5.80. The van der Waals surface area contributed by atoms with Crippen molar-refractivity contribution in [2.24, 2.45) is 0 Å². The fraction of sp³-hybridized carbons (Fsp3) is 0.111. The predicted octanol–water partition coefficient (Wildman–Crippen LogP) is 3.86. The highest BCUT2D eigenvalue weighted by molar-refractivity contribution is 6.30. The Morgan fingerprint density at radius 2 is 1.67 bits per heavy atom. The Hall–Kier alpha value is -2.97. The Morgan fingerprint density at radius 3 is 2.21 bits per heavy atom. The van der Waals surface area contributed by atoms with Crippen molar-refractivity contribution in [3.05, 3.63) is 65.3 Å². The van der Waals surface area contributed by atoms with Crippen molar-refractivity contribution in [2.45, 2.75) is 0 Å². The summed E-state index contributed by atoms with van der Waals surface area (Å²) in [6.07, 6.45) is 1.38. The highest BCUT2D eigenvalue weighted by atomic mass is 35.5. The molecule has 2 N–H and O–H groups in total. The van der Waals surface area contributed by atoms with Crippen molar-refractivity contribution in [1.82, 2.24) is 0 Å². The minimum Gasteiger partial charge on any atom is -0.378 e. The lowest BCUT2D eigenvalue weighted by Gasteiger charge is -2.12. The zero-order valence-electron chi connectivity index (χ0n) is 13.4. The summed E-state index contributed by atoms with van der Waals surface area (Å²) in [6, 6.07) is 16.2. The Labute approximate surface area is 146 Å². The standard InChI is InChI=1S/C18H17ClN4O/c1-23(2)17-9-7-15(8-10-17)21-12-13(11-20)18(24)22-16-5-3-14(19)4-6-16/h3-10,12,21H,1-2H3,(H,22,24)/b13-12-. The van der Waals surface area contributed by atoms with Gasteiger partial charge in [0.05, 0.1) is 0 Å². The molecule has 24 heavy (non-hydrogen) atoms. The minimum absolute atomic E-state index is 0.0263. The summed E-state index contributed by atoms with van der Waals surface area (Å²) < 4.78 is 0. The van der Waals surface area contributed by atoms with E-state index in [9.17, 15) is 4.79 Å². The molecule has 0 fully saturated rings. The molecule has 0 aromatic heterocycles. The normalized spacial score (nSPS) is 10.7. The van der Waals surface area contributed by atoms with E-state index in [1.807, 2.05) is 49.3 Å². The van der Waals surface area contributed by atoms with Crippen molar-refractivity contribution in [3.8, 4) is 6.07 Å². The summed E-state index contributed by atoms with van der Waals surface area (Å²) in [4.78, 5) is 14.1. The van der Waals surface area contributed by atoms with E-state index < -0.39 is 5.91 Å². The lowest BCUT2D eigenvalue weighted by atomic mass is 10.2. The van der Waals surface area contributed by atoms with Crippen LogP contribution >= 0.6 is 11.6 Å². The van der Waals surface area contributed by atoms with Gasteiger partial charge in [-0.2, -0.15) is 5.26 Å². The Bertz CT molecular complexity index is 774. The van der Waals surface area contributed by atoms with Crippen LogP contribution in [-0.2, 0) is 4.79 Å². The van der Waals surface area contributed by atoms with Crippen LogP contribution in [0, 0.1) is 11.3 Å². The van der Waals surface area contributed by atoms with Gasteiger partial charge >= 0.3 is 0 Å². The molecule has 1 amide bonds. The van der Waals surface area contributed by atoms with Gasteiger partial charge in [0.15, 0.2) is 0 Å². The molecule has 0 bridgehead atoms. The number of carbonyl (C=O) groups is 1. The number of rotatable bonds is 5. The van der Waals surface area contributed by atoms with Crippen LogP contribution in [0.25, 0.3) is 0 Å². The molecular formula is C18H17ClN4O. The predicted molar refractivity (Wildman–Crippen MR) is 98.2 cm³/mol. The molecular weight excluding hydrogens is 324 g/mol. The number of hydrogen-bond donors (Lipinski definition) is 2. The van der Waals surface area contributed by atoms with Crippen molar-refractivity contribution in [1.29, 1.82) is 5.26 Å². The van der Waals surface area contributed by atoms with Gasteiger partial charge in [0.25, 0.3) is 5.91 Å². The van der Waals surface area contributed by atoms with Crippen LogP contribution in [0.5, 0.6) is 0 Å². The molecule has 0 aliphatic carbocycles. The molecule has 6 heteroatoms. The molecule has 2 rings (SSSR count). The topological polar surface area (TPSA) is 68.2 Å². The Morgan fingerprint density at radius 1 is 1.08 bits per heavy atom. The van der Waals surface area contributed by atoms with Crippen LogP contribution in [-0.4, -0.2) is 20.0 Å². The molecule has 0 saturated heterocycles. The highest BCUT2D eigenvalue weighted by Gasteiger charge is 2.09. The second kappa shape index (κ2) is 8.04. The van der Waals surface area contributed by atoms with E-state index in [1.54, 1.807) is 24.3 Å². The van der Waals surface area contributed by atoms with Gasteiger partial charge in [-0.25, -0.2) is 0 Å². The molecule has 2 aromatic carbocycles. The first-order chi connectivity index (χ1) is 11.5. The zero-order chi connectivity index (χ0) is 17.5. The molecule has 0 aliphatic heterocycles. The highest BCUT2D eigenvalue weighted by Crippen LogP contribution is 2.17. The van der Waals surface area contributed by atoms with Gasteiger partial charge < -0.3 is 15.5 Å². The third-order valence-corrected chi connectivity index (χ3v) is 3.49. The molecule has 5 nitrogen and oxygen atoms in total. The number of nitrogens with one attached hydrogen (secondary N) is 2. The van der Waals surface area contributed by atoms with Crippen molar-refractivity contribution in [3.63, 3.8) is 0 Å². The second-order valence-electron chi connectivity index (χ2n) is 5.22. The number of hydrogen-bond acceptors (Lipinski definition) is 4. The monoisotopic (exact) mass is 340 g/mol. The van der Waals surface area contributed by atoms with Gasteiger partial charge in [-0.15, -0.1) is 0 Å². The van der Waals surface area contributed by atoms with Gasteiger partial charge in [0, 0.05) is 42.4 Å². The number of benzene rings is 2. The van der Waals surface area contributed by atoms with Crippen molar-refractivity contribution >= 4 is 34.6 Å². The van der Waals surface area contributed by atoms with E-state index in [-0.39, 0.29) is 5.57 Å². The number of anilines is 3. The molecule has 0 atom stereocenters. The molecule has 0 unspecified atom stereocenters. The fourth-order valence-corrected chi connectivity index (χ4v) is 2.02. The summed E-state index contributed by atoms with van der Waals surface area (Å²) in [5.41, 5.74) is 2.39. The van der Waals surface area contributed by atoms with E-state index >= 15 is 0 Å². The first kappa shape index (κ1) is 17.4. The van der Waals surface area contributed by atoms with E-state index in [1.165, 1.54) is 6.20 Å². The maximum atomic E-state index is 12.1. The SMILES string of the molecule is CN(C)c1ccc(N/C=C(/C#N)C(=O)Nc2ccc(Cl)cc2)cc1. The molecule has 0 spiro atoms. The molecule has 122 valence electrons. The minimum atomic E-state index is -0.489. The lowest BCUT2D eigenvalue weighted by molar-refractivity contribution is -0.112. The van der Waals surface area contributed by atoms with Crippen LogP contribution in [0.4, 0.5) is 17.1 Å². The van der Waals surface area contributed by atoms with Crippen LogP contribution in [0.3, 0.4) is 0 Å². The maximum absolute atomic E-state index is 12.1. The van der Waals surface area contributed by atoms with E-state index in [4.69, 9.17) is 16.9 Å². The number of amides is 1. The molecule has 0 aliphatic rings. The van der Waals surface area contributed by atoms with Crippen LogP contribution in [0.15, 0.2) is 60.3 Å². The van der Waals surface area contributed by atoms with Crippen molar-refractivity contribution < 1.29 is 4.79 Å². The van der Waals surface area contributed by atoms with Crippen molar-refractivity contribution in [2.75, 3.05) is 29.6 Å². The van der Waals surface area contributed by atoms with Gasteiger partial charge in [-0.1, -0.05) is 11.6 Å². The molecule has 0 radical (unpaired) electrons. The number of carbonyl (C=O) groups excluding carboxylic acids is 1. The van der Waals surface area contributed by atoms with Gasteiger partial charge in [-0.3, -0.25) is 4.79 Å². The van der Waals surface area contributed by atoms with Crippen LogP contribution < -0.4 is 15.5 Å². The lowest BCUT2D eigenvalue weighted by Crippen LogP contribution is -2.14. The van der Waals surface area contributed by atoms with E-state index in [0.717, 1.165) is 11.4 Å². The average Bonchev–Trinajstić information content (AvgIpc) is 2.58. The maximum Gasteiger partial charge on any atom is 0.267 e. The number of nitrogens with zero attached hydrogens (tertiary/aromatic N) is 2.